The summed E-state index contributed by atoms with van der Waals surface area (Å²) in [5.41, 5.74) is 2.40. The zero-order chi connectivity index (χ0) is 27.0. The highest BCUT2D eigenvalue weighted by atomic mass is 32.1. The standard InChI is InChI=1S/C33H37N3O2S/c1-3-27-20-28-30(39-27)21-29-31(37)36(23(2)24-14-8-6-9-15-24)33(22-35(28)29,25-16-10-7-11-17-25)32(38)34-26-18-12-4-5-13-19-26/h6-11,14-17,20-21,23,26H,3-5,12-13,18-19,22H2,1-2H3,(H,34,38). The van der Waals surface area contributed by atoms with Crippen LogP contribution in [0.5, 0.6) is 0 Å². The molecule has 6 heteroatoms. The summed E-state index contributed by atoms with van der Waals surface area (Å²) in [4.78, 5) is 32.6. The van der Waals surface area contributed by atoms with Crippen LogP contribution in [0.25, 0.3) is 10.2 Å². The van der Waals surface area contributed by atoms with Gasteiger partial charge >= 0.3 is 0 Å². The van der Waals surface area contributed by atoms with Crippen molar-refractivity contribution in [2.45, 2.75) is 83.0 Å². The summed E-state index contributed by atoms with van der Waals surface area (Å²) in [6.07, 6.45) is 7.62. The smallest absolute Gasteiger partial charge is 0.272 e. The number of fused-ring (bicyclic) bond motifs is 3. The Balaban J connectivity index is 1.55. The molecule has 202 valence electrons. The molecule has 6 rings (SSSR count). The van der Waals surface area contributed by atoms with E-state index in [1.165, 1.54) is 17.7 Å². The van der Waals surface area contributed by atoms with Gasteiger partial charge in [-0.15, -0.1) is 11.3 Å². The van der Waals surface area contributed by atoms with E-state index in [0.29, 0.717) is 12.2 Å². The van der Waals surface area contributed by atoms with Crippen molar-refractivity contribution in [2.75, 3.05) is 0 Å². The van der Waals surface area contributed by atoms with Crippen molar-refractivity contribution in [1.82, 2.24) is 14.8 Å². The van der Waals surface area contributed by atoms with E-state index in [9.17, 15) is 9.59 Å². The third-order valence-electron chi connectivity index (χ3n) is 8.71. The molecule has 1 saturated carbocycles. The van der Waals surface area contributed by atoms with E-state index in [2.05, 4.69) is 41.9 Å². The highest BCUT2D eigenvalue weighted by Gasteiger charge is 2.54. The summed E-state index contributed by atoms with van der Waals surface area (Å²) < 4.78 is 3.22. The van der Waals surface area contributed by atoms with Gasteiger partial charge in [0.1, 0.15) is 5.69 Å². The number of carbonyl (C=O) groups excluding carboxylic acids is 2. The van der Waals surface area contributed by atoms with Crippen LogP contribution in [0.2, 0.25) is 0 Å². The molecule has 2 unspecified atom stereocenters. The number of hydrogen-bond acceptors (Lipinski definition) is 3. The molecule has 1 aliphatic heterocycles. The van der Waals surface area contributed by atoms with Crippen LogP contribution in [0.4, 0.5) is 0 Å². The van der Waals surface area contributed by atoms with Crippen LogP contribution in [-0.4, -0.2) is 27.3 Å². The number of hydrogen-bond donors (Lipinski definition) is 1. The summed E-state index contributed by atoms with van der Waals surface area (Å²) in [7, 11) is 0. The number of aromatic nitrogens is 1. The number of aryl methyl sites for hydroxylation is 1. The Bertz CT molecular complexity index is 1470. The monoisotopic (exact) mass is 539 g/mol. The Morgan fingerprint density at radius 3 is 2.33 bits per heavy atom. The minimum Gasteiger partial charge on any atom is -0.351 e. The van der Waals surface area contributed by atoms with Gasteiger partial charge in [0, 0.05) is 10.9 Å². The van der Waals surface area contributed by atoms with Crippen molar-refractivity contribution in [1.29, 1.82) is 0 Å². The van der Waals surface area contributed by atoms with Crippen LogP contribution in [-0.2, 0) is 23.3 Å². The molecule has 0 radical (unpaired) electrons. The highest BCUT2D eigenvalue weighted by Crippen LogP contribution is 2.45. The lowest BCUT2D eigenvalue weighted by molar-refractivity contribution is -0.137. The maximum absolute atomic E-state index is 14.8. The zero-order valence-corrected chi connectivity index (χ0v) is 23.7. The molecule has 3 heterocycles. The number of nitrogens with zero attached hydrogens (tertiary/aromatic N) is 2. The predicted molar refractivity (Wildman–Crippen MR) is 158 cm³/mol. The van der Waals surface area contributed by atoms with Gasteiger partial charge < -0.3 is 14.8 Å². The van der Waals surface area contributed by atoms with Crippen LogP contribution < -0.4 is 5.32 Å². The third-order valence-corrected chi connectivity index (χ3v) is 9.93. The van der Waals surface area contributed by atoms with Crippen LogP contribution in [0.15, 0.2) is 72.8 Å². The van der Waals surface area contributed by atoms with Crippen LogP contribution >= 0.6 is 11.3 Å². The van der Waals surface area contributed by atoms with E-state index >= 15 is 0 Å². The maximum atomic E-state index is 14.8. The van der Waals surface area contributed by atoms with Gasteiger partial charge in [0.2, 0.25) is 0 Å². The Morgan fingerprint density at radius 1 is 1.00 bits per heavy atom. The second-order valence-electron chi connectivity index (χ2n) is 11.1. The van der Waals surface area contributed by atoms with Crippen molar-refractivity contribution in [3.8, 4) is 0 Å². The van der Waals surface area contributed by atoms with E-state index in [1.54, 1.807) is 11.3 Å². The lowest BCUT2D eigenvalue weighted by atomic mass is 9.82. The largest absolute Gasteiger partial charge is 0.351 e. The van der Waals surface area contributed by atoms with Crippen molar-refractivity contribution < 1.29 is 9.59 Å². The summed E-state index contributed by atoms with van der Waals surface area (Å²) in [5.74, 6) is -0.172. The first-order chi connectivity index (χ1) is 19.0. The molecule has 2 amide bonds. The minimum atomic E-state index is -1.19. The maximum Gasteiger partial charge on any atom is 0.272 e. The van der Waals surface area contributed by atoms with Crippen molar-refractivity contribution >= 4 is 33.4 Å². The quantitative estimate of drug-likeness (QED) is 0.263. The fourth-order valence-corrected chi connectivity index (χ4v) is 7.63. The second kappa shape index (κ2) is 10.6. The van der Waals surface area contributed by atoms with Gasteiger partial charge in [0.05, 0.1) is 22.8 Å². The summed E-state index contributed by atoms with van der Waals surface area (Å²) in [5, 5.41) is 3.47. The van der Waals surface area contributed by atoms with E-state index in [-0.39, 0.29) is 23.9 Å². The van der Waals surface area contributed by atoms with Gasteiger partial charge in [-0.1, -0.05) is 93.3 Å². The van der Waals surface area contributed by atoms with Gasteiger partial charge in [-0.2, -0.15) is 0 Å². The first-order valence-electron chi connectivity index (χ1n) is 14.4. The molecular weight excluding hydrogens is 502 g/mol. The van der Waals surface area contributed by atoms with Crippen LogP contribution in [0, 0.1) is 0 Å². The predicted octanol–water partition coefficient (Wildman–Crippen LogP) is 7.22. The lowest BCUT2D eigenvalue weighted by Gasteiger charge is -2.49. The Morgan fingerprint density at radius 2 is 1.67 bits per heavy atom. The summed E-state index contributed by atoms with van der Waals surface area (Å²) >= 11 is 1.74. The molecule has 0 bridgehead atoms. The zero-order valence-electron chi connectivity index (χ0n) is 22.9. The topological polar surface area (TPSA) is 54.3 Å². The molecular formula is C33H37N3O2S. The third kappa shape index (κ3) is 4.49. The number of thiophene rings is 1. The van der Waals surface area contributed by atoms with Crippen molar-refractivity contribution in [3.63, 3.8) is 0 Å². The Kier molecular flexibility index (Phi) is 7.06. The van der Waals surface area contributed by atoms with E-state index < -0.39 is 5.54 Å². The first kappa shape index (κ1) is 25.9. The van der Waals surface area contributed by atoms with Gasteiger partial charge in [0.25, 0.3) is 11.8 Å². The Labute approximate surface area is 234 Å². The molecule has 2 aromatic heterocycles. The van der Waals surface area contributed by atoms with E-state index in [4.69, 9.17) is 0 Å². The normalized spacial score (nSPS) is 21.0. The molecule has 2 atom stereocenters. The minimum absolute atomic E-state index is 0.0739. The molecule has 2 aromatic carbocycles. The van der Waals surface area contributed by atoms with Gasteiger partial charge in [-0.25, -0.2) is 0 Å². The van der Waals surface area contributed by atoms with E-state index in [0.717, 1.165) is 53.4 Å². The second-order valence-corrected chi connectivity index (χ2v) is 12.2. The molecule has 0 spiro atoms. The molecule has 2 aliphatic rings. The molecule has 5 nitrogen and oxygen atoms in total. The van der Waals surface area contributed by atoms with Crippen molar-refractivity contribution in [2.24, 2.45) is 0 Å². The first-order valence-corrected chi connectivity index (χ1v) is 15.2. The molecule has 1 fully saturated rings. The number of rotatable bonds is 6. The molecule has 39 heavy (non-hydrogen) atoms. The fraction of sp³-hybridized carbons (Fsp3) is 0.394. The molecule has 4 aromatic rings. The highest BCUT2D eigenvalue weighted by molar-refractivity contribution is 7.19. The SMILES string of the molecule is CCc1cc2c(cc3n2CC(C(=O)NC2CCCCCC2)(c2ccccc2)N(C(C)c2ccccc2)C3=O)s1. The summed E-state index contributed by atoms with van der Waals surface area (Å²) in [6.45, 7) is 4.60. The Hall–Kier alpha value is -3.38. The van der Waals surface area contributed by atoms with Crippen molar-refractivity contribution in [3.05, 3.63) is 94.5 Å². The molecule has 1 N–H and O–H groups in total. The number of nitrogens with one attached hydrogen (secondary N) is 1. The van der Waals surface area contributed by atoms with E-state index in [1.807, 2.05) is 59.5 Å². The van der Waals surface area contributed by atoms with Crippen LogP contribution in [0.3, 0.4) is 0 Å². The number of benzene rings is 2. The average molecular weight is 540 g/mol. The summed E-state index contributed by atoms with van der Waals surface area (Å²) in [6, 6.07) is 24.1. The average Bonchev–Trinajstić information content (AvgIpc) is 3.42. The van der Waals surface area contributed by atoms with Crippen LogP contribution in [0.1, 0.15) is 84.9 Å². The fourth-order valence-electron chi connectivity index (χ4n) is 6.59. The van der Waals surface area contributed by atoms with Gasteiger partial charge in [-0.05, 0) is 49.4 Å². The lowest BCUT2D eigenvalue weighted by Crippen LogP contribution is -2.64. The molecule has 1 aliphatic carbocycles. The van der Waals surface area contributed by atoms with Gasteiger partial charge in [0.15, 0.2) is 5.54 Å². The van der Waals surface area contributed by atoms with Gasteiger partial charge in [-0.3, -0.25) is 9.59 Å². The number of amides is 2. The molecule has 0 saturated heterocycles. The number of carbonyl (C=O) groups is 2.